The average Bonchev–Trinajstić information content (AvgIpc) is 3.17. The van der Waals surface area contributed by atoms with Crippen LogP contribution in [0, 0.1) is 6.92 Å². The molecule has 0 bridgehead atoms. The number of benzene rings is 1. The Bertz CT molecular complexity index is 897. The number of aromatic nitrogens is 2. The molecule has 2 amide bonds. The molecule has 0 radical (unpaired) electrons. The van der Waals surface area contributed by atoms with Gasteiger partial charge in [-0.25, -0.2) is 0 Å². The quantitative estimate of drug-likeness (QED) is 0.839. The van der Waals surface area contributed by atoms with Crippen LogP contribution in [0.2, 0.25) is 0 Å². The van der Waals surface area contributed by atoms with E-state index in [-0.39, 0.29) is 23.5 Å². The van der Waals surface area contributed by atoms with Crippen molar-refractivity contribution < 1.29 is 14.3 Å². The number of hydrogen-bond acceptors (Lipinski definition) is 4. The third-order valence-electron chi connectivity index (χ3n) is 6.30. The molecule has 160 valence electrons. The van der Waals surface area contributed by atoms with Crippen LogP contribution in [0.1, 0.15) is 47.2 Å². The number of nitrogens with one attached hydrogen (secondary N) is 1. The van der Waals surface area contributed by atoms with Crippen molar-refractivity contribution in [2.45, 2.75) is 50.7 Å². The van der Waals surface area contributed by atoms with E-state index in [2.05, 4.69) is 10.4 Å². The van der Waals surface area contributed by atoms with Gasteiger partial charge in [0.15, 0.2) is 0 Å². The molecular formula is C23H30N4O3. The smallest absolute Gasteiger partial charge is 0.254 e. The van der Waals surface area contributed by atoms with Gasteiger partial charge in [-0.1, -0.05) is 29.8 Å². The summed E-state index contributed by atoms with van der Waals surface area (Å²) in [5.41, 5.74) is 2.59. The van der Waals surface area contributed by atoms with Gasteiger partial charge in [0.05, 0.1) is 23.8 Å². The van der Waals surface area contributed by atoms with E-state index in [1.54, 1.807) is 24.1 Å². The number of aryl methyl sites for hydroxylation is 2. The first kappa shape index (κ1) is 20.6. The first-order chi connectivity index (χ1) is 14.4. The third kappa shape index (κ3) is 4.73. The second kappa shape index (κ2) is 8.60. The molecule has 2 aromatic rings. The van der Waals surface area contributed by atoms with E-state index in [4.69, 9.17) is 4.74 Å². The SMILES string of the molecule is Cc1ccc(CC(=O)N2CCC3(CC2)CC(NC(=O)c2cnn(C)c2)CCO3)cc1. The second-order valence-electron chi connectivity index (χ2n) is 8.64. The van der Waals surface area contributed by atoms with Gasteiger partial charge < -0.3 is 15.0 Å². The first-order valence-electron chi connectivity index (χ1n) is 10.7. The zero-order chi connectivity index (χ0) is 21.1. The molecule has 7 nitrogen and oxygen atoms in total. The van der Waals surface area contributed by atoms with E-state index < -0.39 is 0 Å². The largest absolute Gasteiger partial charge is 0.375 e. The third-order valence-corrected chi connectivity index (χ3v) is 6.30. The van der Waals surface area contributed by atoms with E-state index in [9.17, 15) is 9.59 Å². The van der Waals surface area contributed by atoms with Gasteiger partial charge in [0.2, 0.25) is 5.91 Å². The highest BCUT2D eigenvalue weighted by Gasteiger charge is 2.41. The summed E-state index contributed by atoms with van der Waals surface area (Å²) in [5.74, 6) is 0.0850. The zero-order valence-corrected chi connectivity index (χ0v) is 17.8. The van der Waals surface area contributed by atoms with Gasteiger partial charge in [-0.15, -0.1) is 0 Å². The van der Waals surface area contributed by atoms with E-state index >= 15 is 0 Å². The lowest BCUT2D eigenvalue weighted by atomic mass is 9.82. The van der Waals surface area contributed by atoms with Crippen molar-refractivity contribution >= 4 is 11.8 Å². The van der Waals surface area contributed by atoms with Crippen LogP contribution < -0.4 is 5.32 Å². The summed E-state index contributed by atoms with van der Waals surface area (Å²) >= 11 is 0. The average molecular weight is 411 g/mol. The number of likely N-dealkylation sites (tertiary alicyclic amines) is 1. The van der Waals surface area contributed by atoms with Crippen molar-refractivity contribution in [2.75, 3.05) is 19.7 Å². The number of ether oxygens (including phenoxy) is 1. The molecule has 30 heavy (non-hydrogen) atoms. The van der Waals surface area contributed by atoms with Crippen LogP contribution in [0.15, 0.2) is 36.7 Å². The minimum atomic E-state index is -0.244. The van der Waals surface area contributed by atoms with E-state index in [0.717, 1.165) is 31.2 Å². The van der Waals surface area contributed by atoms with Crippen molar-refractivity contribution in [2.24, 2.45) is 7.05 Å². The molecular weight excluding hydrogens is 380 g/mol. The number of carbonyl (C=O) groups is 2. The van der Waals surface area contributed by atoms with Gasteiger partial charge in [0.25, 0.3) is 5.91 Å². The number of amides is 2. The van der Waals surface area contributed by atoms with Gasteiger partial charge in [-0.05, 0) is 38.2 Å². The Kier molecular flexibility index (Phi) is 5.90. The molecule has 7 heteroatoms. The molecule has 0 aliphatic carbocycles. The number of carbonyl (C=O) groups excluding carboxylic acids is 2. The first-order valence-corrected chi connectivity index (χ1v) is 10.7. The maximum absolute atomic E-state index is 12.7. The molecule has 1 N–H and O–H groups in total. The molecule has 1 aromatic heterocycles. The predicted molar refractivity (Wildman–Crippen MR) is 113 cm³/mol. The normalized spacial score (nSPS) is 20.9. The van der Waals surface area contributed by atoms with Crippen LogP contribution >= 0.6 is 0 Å². The highest BCUT2D eigenvalue weighted by Crippen LogP contribution is 2.35. The standard InChI is InChI=1S/C23H30N4O3/c1-17-3-5-18(6-4-17)13-21(28)27-10-8-23(9-11-27)14-20(7-12-30-23)25-22(29)19-15-24-26(2)16-19/h3-6,15-16,20H,7-14H2,1-2H3,(H,25,29). The van der Waals surface area contributed by atoms with Gasteiger partial charge in [0.1, 0.15) is 0 Å². The number of nitrogens with zero attached hydrogens (tertiary/aromatic N) is 3. The molecule has 1 spiro atoms. The fourth-order valence-corrected chi connectivity index (χ4v) is 4.46. The summed E-state index contributed by atoms with van der Waals surface area (Å²) in [5, 5.41) is 7.21. The van der Waals surface area contributed by atoms with Crippen LogP contribution in [-0.2, 0) is 23.0 Å². The molecule has 1 unspecified atom stereocenters. The number of hydrogen-bond donors (Lipinski definition) is 1. The monoisotopic (exact) mass is 410 g/mol. The lowest BCUT2D eigenvalue weighted by Crippen LogP contribution is -2.54. The summed E-state index contributed by atoms with van der Waals surface area (Å²) in [7, 11) is 1.80. The fourth-order valence-electron chi connectivity index (χ4n) is 4.46. The lowest BCUT2D eigenvalue weighted by molar-refractivity contribution is -0.143. The maximum Gasteiger partial charge on any atom is 0.254 e. The van der Waals surface area contributed by atoms with Crippen molar-refractivity contribution in [3.8, 4) is 0 Å². The maximum atomic E-state index is 12.7. The minimum absolute atomic E-state index is 0.0845. The summed E-state index contributed by atoms with van der Waals surface area (Å²) in [6, 6.07) is 8.23. The number of piperidine rings is 1. The Balaban J connectivity index is 1.30. The molecule has 1 atom stereocenters. The van der Waals surface area contributed by atoms with Crippen molar-refractivity contribution in [3.05, 3.63) is 53.3 Å². The molecule has 1 aromatic carbocycles. The van der Waals surface area contributed by atoms with Gasteiger partial charge in [-0.3, -0.25) is 14.3 Å². The van der Waals surface area contributed by atoms with Crippen molar-refractivity contribution in [1.82, 2.24) is 20.0 Å². The highest BCUT2D eigenvalue weighted by atomic mass is 16.5. The van der Waals surface area contributed by atoms with Crippen molar-refractivity contribution in [1.29, 1.82) is 0 Å². The van der Waals surface area contributed by atoms with Crippen LogP contribution in [0.4, 0.5) is 0 Å². The molecule has 3 heterocycles. The van der Waals surface area contributed by atoms with Gasteiger partial charge in [-0.2, -0.15) is 5.10 Å². The predicted octanol–water partition coefficient (Wildman–Crippen LogP) is 2.24. The van der Waals surface area contributed by atoms with Crippen molar-refractivity contribution in [3.63, 3.8) is 0 Å². The Morgan fingerprint density at radius 1 is 1.23 bits per heavy atom. The molecule has 2 aliphatic heterocycles. The molecule has 2 fully saturated rings. The zero-order valence-electron chi connectivity index (χ0n) is 17.8. The summed E-state index contributed by atoms with van der Waals surface area (Å²) < 4.78 is 7.81. The number of rotatable bonds is 4. The molecule has 4 rings (SSSR count). The van der Waals surface area contributed by atoms with Gasteiger partial charge >= 0.3 is 0 Å². The van der Waals surface area contributed by atoms with Crippen LogP contribution in [0.5, 0.6) is 0 Å². The van der Waals surface area contributed by atoms with E-state index in [0.29, 0.717) is 31.7 Å². The highest BCUT2D eigenvalue weighted by molar-refractivity contribution is 5.93. The summed E-state index contributed by atoms with van der Waals surface area (Å²) in [6.07, 6.45) is 6.98. The Morgan fingerprint density at radius 2 is 1.97 bits per heavy atom. The van der Waals surface area contributed by atoms with E-state index in [1.807, 2.05) is 36.1 Å². The van der Waals surface area contributed by atoms with Gasteiger partial charge in [0, 0.05) is 39.0 Å². The van der Waals surface area contributed by atoms with E-state index in [1.165, 1.54) is 5.56 Å². The molecule has 2 aliphatic rings. The Hall–Kier alpha value is -2.67. The topological polar surface area (TPSA) is 76.5 Å². The Labute approximate surface area is 177 Å². The minimum Gasteiger partial charge on any atom is -0.375 e. The Morgan fingerprint density at radius 3 is 2.63 bits per heavy atom. The van der Waals surface area contributed by atoms with Crippen LogP contribution in [0.3, 0.4) is 0 Å². The second-order valence-corrected chi connectivity index (χ2v) is 8.64. The van der Waals surface area contributed by atoms with Crippen LogP contribution in [-0.4, -0.2) is 57.8 Å². The lowest BCUT2D eigenvalue weighted by Gasteiger charge is -2.46. The summed E-state index contributed by atoms with van der Waals surface area (Å²) in [4.78, 5) is 27.1. The summed E-state index contributed by atoms with van der Waals surface area (Å²) in [6.45, 7) is 4.09. The fraction of sp³-hybridized carbons (Fsp3) is 0.522. The molecule has 0 saturated carbocycles. The molecule has 2 saturated heterocycles. The van der Waals surface area contributed by atoms with Crippen LogP contribution in [0.25, 0.3) is 0 Å².